The van der Waals surface area contributed by atoms with Crippen molar-refractivity contribution >= 4 is 16.8 Å². The molecule has 0 aliphatic heterocycles. The highest BCUT2D eigenvalue weighted by molar-refractivity contribution is 6.16. The number of furan rings is 1. The Kier molecular flexibility index (Phi) is 4.42. The highest BCUT2D eigenvalue weighted by Gasteiger charge is 2.16. The van der Waals surface area contributed by atoms with Crippen LogP contribution in [0, 0.1) is 11.6 Å². The number of hydrogen-bond acceptors (Lipinski definition) is 3. The predicted octanol–water partition coefficient (Wildman–Crippen LogP) is 5.52. The average Bonchev–Trinajstić information content (AvgIpc) is 3.11. The normalized spacial score (nSPS) is 10.9. The van der Waals surface area contributed by atoms with E-state index in [0.29, 0.717) is 27.8 Å². The third kappa shape index (κ3) is 3.58. The molecule has 0 amide bonds. The van der Waals surface area contributed by atoms with Crippen LogP contribution in [0.15, 0.2) is 77.4 Å². The molecule has 4 aromatic rings. The van der Waals surface area contributed by atoms with Crippen molar-refractivity contribution in [2.45, 2.75) is 6.61 Å². The van der Waals surface area contributed by atoms with E-state index in [-0.39, 0.29) is 18.2 Å². The standard InChI is InChI=1S/C22H14F2O3/c23-16-5-1-14(2-6-16)12-26-18-9-10-21-19(11-18)20(13-27-21)22(25)15-3-7-17(24)8-4-15/h1-11,13H,12H2. The molecule has 4 rings (SSSR count). The van der Waals surface area contributed by atoms with Gasteiger partial charge in [0.2, 0.25) is 0 Å². The lowest BCUT2D eigenvalue weighted by atomic mass is 10.0. The van der Waals surface area contributed by atoms with Gasteiger partial charge >= 0.3 is 0 Å². The van der Waals surface area contributed by atoms with Crippen LogP contribution in [0.25, 0.3) is 11.0 Å². The maximum atomic E-state index is 13.1. The number of hydrogen-bond donors (Lipinski definition) is 0. The van der Waals surface area contributed by atoms with E-state index < -0.39 is 5.82 Å². The smallest absolute Gasteiger partial charge is 0.196 e. The van der Waals surface area contributed by atoms with Gasteiger partial charge in [-0.15, -0.1) is 0 Å². The van der Waals surface area contributed by atoms with Gasteiger partial charge in [0, 0.05) is 10.9 Å². The summed E-state index contributed by atoms with van der Waals surface area (Å²) in [5, 5.41) is 0.612. The highest BCUT2D eigenvalue weighted by Crippen LogP contribution is 2.28. The summed E-state index contributed by atoms with van der Waals surface area (Å²) in [6.07, 6.45) is 1.39. The Hall–Kier alpha value is -3.47. The van der Waals surface area contributed by atoms with Gasteiger partial charge in [-0.05, 0) is 60.2 Å². The lowest BCUT2D eigenvalue weighted by molar-refractivity contribution is 0.103. The van der Waals surface area contributed by atoms with E-state index in [0.717, 1.165) is 5.56 Å². The van der Waals surface area contributed by atoms with Crippen LogP contribution in [0.3, 0.4) is 0 Å². The van der Waals surface area contributed by atoms with Crippen LogP contribution in [0.1, 0.15) is 21.5 Å². The summed E-state index contributed by atoms with van der Waals surface area (Å²) in [4.78, 5) is 12.7. The van der Waals surface area contributed by atoms with E-state index in [9.17, 15) is 13.6 Å². The molecule has 1 aromatic heterocycles. The Morgan fingerprint density at radius 2 is 1.56 bits per heavy atom. The lowest BCUT2D eigenvalue weighted by Gasteiger charge is -2.07. The van der Waals surface area contributed by atoms with Crippen molar-refractivity contribution in [3.05, 3.63) is 101 Å². The van der Waals surface area contributed by atoms with Crippen molar-refractivity contribution < 1.29 is 22.7 Å². The largest absolute Gasteiger partial charge is 0.489 e. The molecule has 0 fully saturated rings. The first-order chi connectivity index (χ1) is 13.1. The lowest BCUT2D eigenvalue weighted by Crippen LogP contribution is -2.00. The molecule has 0 aliphatic rings. The zero-order valence-corrected chi connectivity index (χ0v) is 14.1. The van der Waals surface area contributed by atoms with Crippen molar-refractivity contribution in [3.8, 4) is 5.75 Å². The Labute approximate surface area is 153 Å². The van der Waals surface area contributed by atoms with Crippen LogP contribution < -0.4 is 4.74 Å². The third-order valence-corrected chi connectivity index (χ3v) is 4.21. The van der Waals surface area contributed by atoms with E-state index >= 15 is 0 Å². The molecule has 5 heteroatoms. The minimum atomic E-state index is -0.403. The van der Waals surface area contributed by atoms with Gasteiger partial charge in [-0.2, -0.15) is 0 Å². The number of carbonyl (C=O) groups is 1. The van der Waals surface area contributed by atoms with Gasteiger partial charge in [0.05, 0.1) is 5.56 Å². The molecule has 3 nitrogen and oxygen atoms in total. The monoisotopic (exact) mass is 364 g/mol. The number of halogens is 2. The molecule has 3 aromatic carbocycles. The molecule has 27 heavy (non-hydrogen) atoms. The fraction of sp³-hybridized carbons (Fsp3) is 0.0455. The maximum Gasteiger partial charge on any atom is 0.196 e. The summed E-state index contributed by atoms with van der Waals surface area (Å²) in [5.41, 5.74) is 2.13. The molecule has 0 aliphatic carbocycles. The van der Waals surface area contributed by atoms with Crippen LogP contribution in [-0.2, 0) is 6.61 Å². The van der Waals surface area contributed by atoms with Crippen molar-refractivity contribution in [3.63, 3.8) is 0 Å². The fourth-order valence-corrected chi connectivity index (χ4v) is 2.78. The van der Waals surface area contributed by atoms with Gasteiger partial charge in [0.25, 0.3) is 0 Å². The molecule has 0 saturated carbocycles. The molecule has 0 atom stereocenters. The molecular formula is C22H14F2O3. The third-order valence-electron chi connectivity index (χ3n) is 4.21. The van der Waals surface area contributed by atoms with Crippen LogP contribution in [0.4, 0.5) is 8.78 Å². The Morgan fingerprint density at radius 3 is 2.26 bits per heavy atom. The number of ether oxygens (including phenoxy) is 1. The van der Waals surface area contributed by atoms with E-state index in [1.165, 1.54) is 42.7 Å². The zero-order valence-electron chi connectivity index (χ0n) is 14.1. The summed E-state index contributed by atoms with van der Waals surface area (Å²) >= 11 is 0. The van der Waals surface area contributed by atoms with Crippen LogP contribution in [-0.4, -0.2) is 5.78 Å². The summed E-state index contributed by atoms with van der Waals surface area (Å²) in [6, 6.07) is 16.6. The topological polar surface area (TPSA) is 39.4 Å². The summed E-state index contributed by atoms with van der Waals surface area (Å²) in [7, 11) is 0. The minimum Gasteiger partial charge on any atom is -0.489 e. The van der Waals surface area contributed by atoms with E-state index in [4.69, 9.17) is 9.15 Å². The maximum absolute atomic E-state index is 13.1. The predicted molar refractivity (Wildman–Crippen MR) is 96.8 cm³/mol. The van der Waals surface area contributed by atoms with Gasteiger partial charge < -0.3 is 9.15 Å². The van der Waals surface area contributed by atoms with Crippen molar-refractivity contribution in [2.75, 3.05) is 0 Å². The van der Waals surface area contributed by atoms with Gasteiger partial charge in [-0.25, -0.2) is 8.78 Å². The van der Waals surface area contributed by atoms with E-state index in [1.807, 2.05) is 0 Å². The molecule has 0 saturated heterocycles. The number of carbonyl (C=O) groups excluding carboxylic acids is 1. The number of ketones is 1. The van der Waals surface area contributed by atoms with Crippen LogP contribution in [0.2, 0.25) is 0 Å². The fourth-order valence-electron chi connectivity index (χ4n) is 2.78. The highest BCUT2D eigenvalue weighted by atomic mass is 19.1. The van der Waals surface area contributed by atoms with Crippen LogP contribution in [0.5, 0.6) is 5.75 Å². The zero-order chi connectivity index (χ0) is 18.8. The molecular weight excluding hydrogens is 350 g/mol. The number of fused-ring (bicyclic) bond motifs is 1. The Bertz CT molecular complexity index is 1100. The molecule has 0 spiro atoms. The first-order valence-electron chi connectivity index (χ1n) is 8.29. The van der Waals surface area contributed by atoms with Crippen LogP contribution >= 0.6 is 0 Å². The van der Waals surface area contributed by atoms with Crippen molar-refractivity contribution in [1.82, 2.24) is 0 Å². The second-order valence-corrected chi connectivity index (χ2v) is 6.06. The minimum absolute atomic E-state index is 0.260. The van der Waals surface area contributed by atoms with E-state index in [2.05, 4.69) is 0 Å². The van der Waals surface area contributed by atoms with E-state index in [1.54, 1.807) is 30.3 Å². The first-order valence-corrected chi connectivity index (χ1v) is 8.29. The van der Waals surface area contributed by atoms with Crippen molar-refractivity contribution in [2.24, 2.45) is 0 Å². The summed E-state index contributed by atoms with van der Waals surface area (Å²) in [6.45, 7) is 0.269. The first kappa shape index (κ1) is 17.0. The summed E-state index contributed by atoms with van der Waals surface area (Å²) < 4.78 is 37.2. The summed E-state index contributed by atoms with van der Waals surface area (Å²) in [5.74, 6) is -0.409. The SMILES string of the molecule is O=C(c1ccc(F)cc1)c1coc2ccc(OCc3ccc(F)cc3)cc12. The number of rotatable bonds is 5. The molecule has 0 N–H and O–H groups in total. The second-order valence-electron chi connectivity index (χ2n) is 6.06. The molecule has 0 radical (unpaired) electrons. The Balaban J connectivity index is 1.59. The van der Waals surface area contributed by atoms with Gasteiger partial charge in [0.15, 0.2) is 5.78 Å². The Morgan fingerprint density at radius 1 is 0.889 bits per heavy atom. The van der Waals surface area contributed by atoms with Gasteiger partial charge in [0.1, 0.15) is 35.8 Å². The second kappa shape index (κ2) is 7.03. The number of benzene rings is 3. The van der Waals surface area contributed by atoms with Gasteiger partial charge in [-0.3, -0.25) is 4.79 Å². The molecule has 0 bridgehead atoms. The molecule has 0 unspecified atom stereocenters. The molecule has 134 valence electrons. The quantitative estimate of drug-likeness (QED) is 0.438. The average molecular weight is 364 g/mol. The van der Waals surface area contributed by atoms with Gasteiger partial charge in [-0.1, -0.05) is 12.1 Å². The van der Waals surface area contributed by atoms with Crippen molar-refractivity contribution in [1.29, 1.82) is 0 Å². The molecule has 1 heterocycles.